The van der Waals surface area contributed by atoms with Gasteiger partial charge < -0.3 is 24.8 Å². The van der Waals surface area contributed by atoms with Crippen LogP contribution in [0.2, 0.25) is 0 Å². The molecule has 3 aliphatic rings. The Morgan fingerprint density at radius 3 is 2.59 bits per heavy atom. The lowest BCUT2D eigenvalue weighted by Crippen LogP contribution is -2.46. The Kier molecular flexibility index (Phi) is 10.2. The normalized spacial score (nSPS) is 36.2. The van der Waals surface area contributed by atoms with E-state index in [4.69, 9.17) is 9.47 Å². The maximum Gasteiger partial charge on any atom is 0.508 e. The Morgan fingerprint density at radius 2 is 1.92 bits per heavy atom. The van der Waals surface area contributed by atoms with Crippen LogP contribution >= 0.6 is 0 Å². The zero-order valence-corrected chi connectivity index (χ0v) is 23.4. The number of ether oxygens (including phenoxy) is 2. The fourth-order valence-electron chi connectivity index (χ4n) is 6.72. The van der Waals surface area contributed by atoms with Crippen molar-refractivity contribution in [1.29, 1.82) is 0 Å². The molecule has 0 aromatic rings. The maximum absolute atomic E-state index is 11.9. The summed E-state index contributed by atoms with van der Waals surface area (Å²) in [5, 5.41) is 31.6. The van der Waals surface area contributed by atoms with Crippen LogP contribution in [-0.4, -0.2) is 52.5 Å². The molecule has 3 saturated carbocycles. The summed E-state index contributed by atoms with van der Waals surface area (Å²) in [6.07, 6.45) is 10.5. The molecule has 6 nitrogen and oxygen atoms in total. The second-order valence-corrected chi connectivity index (χ2v) is 11.9. The quantitative estimate of drug-likeness (QED) is 0.275. The lowest BCUT2D eigenvalue weighted by atomic mass is 9.61. The third-order valence-electron chi connectivity index (χ3n) is 9.01. The van der Waals surface area contributed by atoms with Crippen molar-refractivity contribution in [2.24, 2.45) is 29.1 Å². The number of aliphatic hydroxyl groups excluding tert-OH is 3. The molecule has 0 aromatic heterocycles. The predicted molar refractivity (Wildman–Crippen MR) is 146 cm³/mol. The molecule has 37 heavy (non-hydrogen) atoms. The third-order valence-corrected chi connectivity index (χ3v) is 9.01. The number of carbonyl (C=O) groups is 1. The average molecular weight is 517 g/mol. The molecule has 6 heteroatoms. The first-order valence-corrected chi connectivity index (χ1v) is 14.1. The fourth-order valence-corrected chi connectivity index (χ4v) is 6.72. The molecule has 0 heterocycles. The van der Waals surface area contributed by atoms with Crippen LogP contribution in [0.1, 0.15) is 79.6 Å². The molecule has 3 fully saturated rings. The number of hydrogen-bond acceptors (Lipinski definition) is 6. The third kappa shape index (κ3) is 6.76. The van der Waals surface area contributed by atoms with Crippen LogP contribution in [0.3, 0.4) is 0 Å². The highest BCUT2D eigenvalue weighted by atomic mass is 16.7. The van der Waals surface area contributed by atoms with Crippen molar-refractivity contribution >= 4 is 6.16 Å². The minimum Gasteiger partial charge on any atom is -0.434 e. The van der Waals surface area contributed by atoms with Gasteiger partial charge in [0.2, 0.25) is 0 Å². The summed E-state index contributed by atoms with van der Waals surface area (Å²) in [5.74, 6) is 1.70. The summed E-state index contributed by atoms with van der Waals surface area (Å²) in [7, 11) is 0. The van der Waals surface area contributed by atoms with Crippen molar-refractivity contribution in [2.75, 3.05) is 6.61 Å². The molecule has 0 bridgehead atoms. The maximum atomic E-state index is 11.9. The van der Waals surface area contributed by atoms with Crippen LogP contribution in [0.5, 0.6) is 0 Å². The van der Waals surface area contributed by atoms with Crippen LogP contribution in [0.4, 0.5) is 4.79 Å². The summed E-state index contributed by atoms with van der Waals surface area (Å²) in [4.78, 5) is 11.9. The van der Waals surface area contributed by atoms with E-state index in [9.17, 15) is 20.1 Å². The first-order chi connectivity index (χ1) is 17.5. The molecule has 3 aliphatic carbocycles. The van der Waals surface area contributed by atoms with Gasteiger partial charge in [-0.05, 0) is 78.8 Å². The van der Waals surface area contributed by atoms with Crippen LogP contribution in [-0.2, 0) is 9.47 Å². The number of fused-ring (bicyclic) bond motifs is 1. The van der Waals surface area contributed by atoms with Crippen molar-refractivity contribution in [1.82, 2.24) is 0 Å². The van der Waals surface area contributed by atoms with Gasteiger partial charge in [0.25, 0.3) is 0 Å². The molecule has 0 aromatic carbocycles. The number of allylic oxidation sites excluding steroid dienone is 4. The molecule has 0 amide bonds. The van der Waals surface area contributed by atoms with E-state index in [-0.39, 0.29) is 24.4 Å². The van der Waals surface area contributed by atoms with Gasteiger partial charge in [-0.2, -0.15) is 0 Å². The zero-order valence-electron chi connectivity index (χ0n) is 23.4. The first-order valence-electron chi connectivity index (χ1n) is 14.1. The van der Waals surface area contributed by atoms with Gasteiger partial charge in [0.15, 0.2) is 6.10 Å². The Morgan fingerprint density at radius 1 is 1.19 bits per heavy atom. The monoisotopic (exact) mass is 516 g/mol. The van der Waals surface area contributed by atoms with E-state index in [0.29, 0.717) is 29.7 Å². The number of rotatable bonds is 8. The van der Waals surface area contributed by atoms with Gasteiger partial charge in [-0.1, -0.05) is 71.1 Å². The van der Waals surface area contributed by atoms with E-state index in [1.54, 1.807) is 0 Å². The molecule has 0 spiro atoms. The standard InChI is InChI=1S/C31H48O6/c1-7-17-36-30(35)37-29-27(33)18-23(21(5)28(29)34)12-11-22-9-8-16-31(6)24(13-14-25(22)31)20(4)10-15-26(32)19(2)3/h10-12,15,19-20,24-29,32-34H,5,7-9,13-14,16-18H2,1-4,6H3/t20-,24-,25+,26+,27?,28?,29+,31-/m1/s1. The zero-order chi connectivity index (χ0) is 27.3. The van der Waals surface area contributed by atoms with Gasteiger partial charge in [-0.15, -0.1) is 0 Å². The van der Waals surface area contributed by atoms with Gasteiger partial charge in [-0.25, -0.2) is 4.79 Å². The number of carbonyl (C=O) groups excluding carboxylic acids is 1. The largest absolute Gasteiger partial charge is 0.508 e. The minimum atomic E-state index is -1.18. The van der Waals surface area contributed by atoms with Crippen molar-refractivity contribution in [3.05, 3.63) is 47.6 Å². The SMILES string of the molecule is C=C1C(=CC=C2CCC[C@]3(C)[C@@H]([C@H](C)C=C[C@H](O)C(C)C)CC[C@@H]23)CC(O)[C@H](OC(=O)OCCC)C1O. The van der Waals surface area contributed by atoms with Gasteiger partial charge in [0.05, 0.1) is 18.8 Å². The van der Waals surface area contributed by atoms with Crippen LogP contribution in [0, 0.1) is 29.1 Å². The molecule has 208 valence electrons. The van der Waals surface area contributed by atoms with E-state index in [1.165, 1.54) is 18.4 Å². The highest BCUT2D eigenvalue weighted by molar-refractivity contribution is 5.60. The highest BCUT2D eigenvalue weighted by Gasteiger charge is 2.50. The van der Waals surface area contributed by atoms with Crippen LogP contribution in [0.15, 0.2) is 47.6 Å². The van der Waals surface area contributed by atoms with E-state index < -0.39 is 30.6 Å². The first kappa shape index (κ1) is 29.7. The van der Waals surface area contributed by atoms with E-state index in [1.807, 2.05) is 32.9 Å². The average Bonchev–Trinajstić information content (AvgIpc) is 3.22. The Hall–Kier alpha value is -1.89. The number of aliphatic hydroxyl groups is 3. The predicted octanol–water partition coefficient (Wildman–Crippen LogP) is 5.88. The Labute approximate surface area is 223 Å². The Balaban J connectivity index is 1.71. The topological polar surface area (TPSA) is 96.2 Å². The van der Waals surface area contributed by atoms with Crippen molar-refractivity contribution in [2.45, 2.75) is 104 Å². The fraction of sp³-hybridized carbons (Fsp3) is 0.710. The molecule has 3 rings (SSSR count). The summed E-state index contributed by atoms with van der Waals surface area (Å²) >= 11 is 0. The molecular weight excluding hydrogens is 468 g/mol. The summed E-state index contributed by atoms with van der Waals surface area (Å²) < 4.78 is 10.1. The molecule has 3 N–H and O–H groups in total. The van der Waals surface area contributed by atoms with E-state index in [0.717, 1.165) is 24.8 Å². The van der Waals surface area contributed by atoms with E-state index >= 15 is 0 Å². The van der Waals surface area contributed by atoms with Gasteiger partial charge in [-0.3, -0.25) is 0 Å². The highest BCUT2D eigenvalue weighted by Crippen LogP contribution is 2.59. The molecule has 2 unspecified atom stereocenters. The summed E-state index contributed by atoms with van der Waals surface area (Å²) in [6, 6.07) is 0. The molecular formula is C31H48O6. The second-order valence-electron chi connectivity index (χ2n) is 11.9. The second kappa shape index (κ2) is 12.8. The van der Waals surface area contributed by atoms with Crippen molar-refractivity contribution < 1.29 is 29.6 Å². The van der Waals surface area contributed by atoms with Gasteiger partial charge in [0.1, 0.15) is 6.10 Å². The molecule has 8 atom stereocenters. The molecule has 0 saturated heterocycles. The van der Waals surface area contributed by atoms with Gasteiger partial charge in [0, 0.05) is 6.42 Å². The Bertz CT molecular complexity index is 901. The lowest BCUT2D eigenvalue weighted by molar-refractivity contribution is -0.0812. The van der Waals surface area contributed by atoms with Crippen molar-refractivity contribution in [3.63, 3.8) is 0 Å². The van der Waals surface area contributed by atoms with Crippen LogP contribution in [0.25, 0.3) is 0 Å². The van der Waals surface area contributed by atoms with Gasteiger partial charge >= 0.3 is 6.16 Å². The lowest BCUT2D eigenvalue weighted by Gasteiger charge is -2.44. The molecule has 0 radical (unpaired) electrons. The number of hydrogen-bond donors (Lipinski definition) is 3. The van der Waals surface area contributed by atoms with Crippen LogP contribution < -0.4 is 0 Å². The molecule has 0 aliphatic heterocycles. The minimum absolute atomic E-state index is 0.218. The summed E-state index contributed by atoms with van der Waals surface area (Å²) in [5.41, 5.74) is 2.91. The summed E-state index contributed by atoms with van der Waals surface area (Å²) in [6.45, 7) is 14.9. The smallest absolute Gasteiger partial charge is 0.434 e. The van der Waals surface area contributed by atoms with E-state index in [2.05, 4.69) is 32.6 Å². The van der Waals surface area contributed by atoms with Crippen molar-refractivity contribution in [3.8, 4) is 0 Å².